The predicted molar refractivity (Wildman–Crippen MR) is 67.6 cm³/mol. The first-order chi connectivity index (χ1) is 6.52. The van der Waals surface area contributed by atoms with Crippen molar-refractivity contribution in [3.8, 4) is 0 Å². The highest BCUT2D eigenvalue weighted by Crippen LogP contribution is 2.45. The Morgan fingerprint density at radius 3 is 1.79 bits per heavy atom. The van der Waals surface area contributed by atoms with Gasteiger partial charge in [-0.2, -0.15) is 0 Å². The van der Waals surface area contributed by atoms with E-state index in [1.165, 1.54) is 3.11 Å². The van der Waals surface area contributed by atoms with Crippen molar-refractivity contribution in [1.82, 2.24) is 3.11 Å². The monoisotopic (exact) mass is 343 g/mol. The summed E-state index contributed by atoms with van der Waals surface area (Å²) in [4.78, 5) is 23.3. The van der Waals surface area contributed by atoms with Gasteiger partial charge in [-0.3, -0.25) is 9.59 Å². The lowest BCUT2D eigenvalue weighted by molar-refractivity contribution is -0.130. The van der Waals surface area contributed by atoms with E-state index < -0.39 is 0 Å². The summed E-state index contributed by atoms with van der Waals surface area (Å²) >= 11 is 5.10. The minimum Gasteiger partial charge on any atom is -0.272 e. The van der Waals surface area contributed by atoms with Crippen molar-refractivity contribution < 1.29 is 9.59 Å². The van der Waals surface area contributed by atoms with Crippen LogP contribution in [0.1, 0.15) is 13.8 Å². The Hall–Kier alpha value is 0.570. The zero-order chi connectivity index (χ0) is 10.5. The first kappa shape index (κ1) is 11.1. The molecule has 2 fully saturated rings. The second kappa shape index (κ2) is 3.86. The van der Waals surface area contributed by atoms with Crippen molar-refractivity contribution in [2.24, 2.45) is 0 Å². The van der Waals surface area contributed by atoms with E-state index in [0.717, 1.165) is 0 Å². The molecular formula is C8H10INO2S2. The zero-order valence-corrected chi connectivity index (χ0v) is 11.6. The third-order valence-electron chi connectivity index (χ3n) is 2.53. The van der Waals surface area contributed by atoms with Crippen LogP contribution in [0.5, 0.6) is 0 Å². The van der Waals surface area contributed by atoms with Gasteiger partial charge >= 0.3 is 0 Å². The van der Waals surface area contributed by atoms with Gasteiger partial charge in [0.15, 0.2) is 0 Å². The summed E-state index contributed by atoms with van der Waals surface area (Å²) in [6.07, 6.45) is 0. The van der Waals surface area contributed by atoms with Crippen LogP contribution in [0.15, 0.2) is 0 Å². The second-order valence-electron chi connectivity index (χ2n) is 3.48. The smallest absolute Gasteiger partial charge is 0.252 e. The lowest BCUT2D eigenvalue weighted by Gasteiger charge is -2.30. The molecule has 2 aliphatic rings. The number of rotatable bonds is 0. The van der Waals surface area contributed by atoms with Crippen molar-refractivity contribution in [1.29, 1.82) is 0 Å². The quantitative estimate of drug-likeness (QED) is 0.381. The highest BCUT2D eigenvalue weighted by molar-refractivity contribution is 14.1. The van der Waals surface area contributed by atoms with E-state index in [1.54, 1.807) is 23.5 Å². The molecule has 2 rings (SSSR count). The summed E-state index contributed by atoms with van der Waals surface area (Å²) in [6, 6.07) is 0. The van der Waals surface area contributed by atoms with Crippen LogP contribution in [0.4, 0.5) is 0 Å². The van der Waals surface area contributed by atoms with Crippen molar-refractivity contribution in [3.63, 3.8) is 0 Å². The predicted octanol–water partition coefficient (Wildman–Crippen LogP) is 1.70. The Labute approximate surface area is 105 Å². The van der Waals surface area contributed by atoms with Gasteiger partial charge in [0.05, 0.1) is 22.9 Å². The number of amides is 2. The van der Waals surface area contributed by atoms with Crippen molar-refractivity contribution in [3.05, 3.63) is 0 Å². The summed E-state index contributed by atoms with van der Waals surface area (Å²) in [7, 11) is 0. The summed E-state index contributed by atoms with van der Waals surface area (Å²) in [5.41, 5.74) is 0. The molecule has 2 heterocycles. The molecule has 4 unspecified atom stereocenters. The van der Waals surface area contributed by atoms with Crippen LogP contribution in [0.2, 0.25) is 0 Å². The minimum absolute atomic E-state index is 0.0307. The molecule has 6 heteroatoms. The number of imide groups is 1. The molecule has 0 bridgehead atoms. The fourth-order valence-electron chi connectivity index (χ4n) is 1.53. The average Bonchev–Trinajstić information content (AvgIpc) is 2.34. The van der Waals surface area contributed by atoms with E-state index in [-0.39, 0.29) is 22.3 Å². The van der Waals surface area contributed by atoms with Crippen molar-refractivity contribution in [2.75, 3.05) is 0 Å². The van der Waals surface area contributed by atoms with Crippen LogP contribution in [-0.2, 0) is 9.59 Å². The molecular weight excluding hydrogens is 333 g/mol. The van der Waals surface area contributed by atoms with Crippen LogP contribution < -0.4 is 0 Å². The standard InChI is InChI=1S/C8H10INO2S2/c1-3-4(2)14-6-5(13-3)7(11)10(9)8(6)12/h3-6H,1-2H3. The average molecular weight is 343 g/mol. The fraction of sp³-hybridized carbons (Fsp3) is 0.750. The Morgan fingerprint density at radius 2 is 1.43 bits per heavy atom. The summed E-state index contributed by atoms with van der Waals surface area (Å²) < 4.78 is 1.25. The molecule has 3 nitrogen and oxygen atoms in total. The number of hydrogen-bond donors (Lipinski definition) is 0. The molecule has 78 valence electrons. The molecule has 0 aliphatic carbocycles. The van der Waals surface area contributed by atoms with Gasteiger partial charge in [-0.25, -0.2) is 3.11 Å². The number of fused-ring (bicyclic) bond motifs is 1. The first-order valence-corrected chi connectivity index (χ1v) is 7.22. The van der Waals surface area contributed by atoms with Crippen LogP contribution in [-0.4, -0.2) is 35.9 Å². The van der Waals surface area contributed by atoms with Gasteiger partial charge in [0.25, 0.3) is 11.8 Å². The zero-order valence-electron chi connectivity index (χ0n) is 7.77. The van der Waals surface area contributed by atoms with Crippen molar-refractivity contribution >= 4 is 58.2 Å². The Kier molecular flexibility index (Phi) is 3.05. The highest BCUT2D eigenvalue weighted by atomic mass is 127. The second-order valence-corrected chi connectivity index (χ2v) is 7.49. The van der Waals surface area contributed by atoms with Crippen LogP contribution in [0, 0.1) is 0 Å². The molecule has 2 amide bonds. The number of thioether (sulfide) groups is 2. The number of carbonyl (C=O) groups excluding carboxylic acids is 2. The number of nitrogens with zero attached hydrogens (tertiary/aromatic N) is 1. The third-order valence-corrected chi connectivity index (χ3v) is 7.04. The van der Waals surface area contributed by atoms with Crippen LogP contribution in [0.3, 0.4) is 0 Å². The van der Waals surface area contributed by atoms with E-state index in [2.05, 4.69) is 13.8 Å². The molecule has 0 radical (unpaired) electrons. The van der Waals surface area contributed by atoms with Crippen LogP contribution >= 0.6 is 46.4 Å². The maximum atomic E-state index is 11.7. The highest BCUT2D eigenvalue weighted by Gasteiger charge is 2.51. The van der Waals surface area contributed by atoms with Gasteiger partial charge in [-0.15, -0.1) is 23.5 Å². The summed E-state index contributed by atoms with van der Waals surface area (Å²) in [5, 5.41) is 0.605. The van der Waals surface area contributed by atoms with E-state index in [4.69, 9.17) is 0 Å². The largest absolute Gasteiger partial charge is 0.272 e. The first-order valence-electron chi connectivity index (χ1n) is 4.37. The fourth-order valence-corrected chi connectivity index (χ4v) is 5.61. The minimum atomic E-state index is -0.143. The molecule has 0 spiro atoms. The summed E-state index contributed by atoms with van der Waals surface area (Å²) in [6.45, 7) is 4.23. The van der Waals surface area contributed by atoms with E-state index in [0.29, 0.717) is 10.5 Å². The topological polar surface area (TPSA) is 37.4 Å². The van der Waals surface area contributed by atoms with E-state index >= 15 is 0 Å². The lowest BCUT2D eigenvalue weighted by atomic mass is 10.3. The normalized spacial score (nSPS) is 42.9. The lowest BCUT2D eigenvalue weighted by Crippen LogP contribution is -2.35. The van der Waals surface area contributed by atoms with Gasteiger partial charge in [0, 0.05) is 10.5 Å². The molecule has 0 saturated carbocycles. The SMILES string of the molecule is CC1SC2C(=O)N(I)C(=O)C2SC1C. The van der Waals surface area contributed by atoms with Gasteiger partial charge in [0.2, 0.25) is 0 Å². The molecule has 4 atom stereocenters. The molecule has 0 aromatic heterocycles. The molecule has 0 N–H and O–H groups in total. The Balaban J connectivity index is 2.24. The number of halogens is 1. The Morgan fingerprint density at radius 1 is 1.07 bits per heavy atom. The molecule has 0 aromatic carbocycles. The molecule has 2 aliphatic heterocycles. The van der Waals surface area contributed by atoms with Gasteiger partial charge in [-0.1, -0.05) is 13.8 Å². The van der Waals surface area contributed by atoms with Crippen molar-refractivity contribution in [2.45, 2.75) is 34.8 Å². The van der Waals surface area contributed by atoms with Crippen LogP contribution in [0.25, 0.3) is 0 Å². The maximum Gasteiger partial charge on any atom is 0.252 e. The van der Waals surface area contributed by atoms with E-state index in [9.17, 15) is 9.59 Å². The van der Waals surface area contributed by atoms with Gasteiger partial charge in [0.1, 0.15) is 10.5 Å². The Bertz CT molecular complexity index is 271. The van der Waals surface area contributed by atoms with Gasteiger partial charge < -0.3 is 0 Å². The maximum absolute atomic E-state index is 11.7. The molecule has 14 heavy (non-hydrogen) atoms. The number of hydrogen-bond acceptors (Lipinski definition) is 4. The van der Waals surface area contributed by atoms with E-state index in [1.807, 2.05) is 22.9 Å². The third kappa shape index (κ3) is 1.59. The van der Waals surface area contributed by atoms with Gasteiger partial charge in [-0.05, 0) is 0 Å². The molecule has 2 saturated heterocycles. The number of carbonyl (C=O) groups is 2. The molecule has 0 aromatic rings. The summed E-state index contributed by atoms with van der Waals surface area (Å²) in [5.74, 6) is -0.0614.